The zero-order valence-corrected chi connectivity index (χ0v) is 16.1. The average Bonchev–Trinajstić information content (AvgIpc) is 2.87. The van der Waals surface area contributed by atoms with Gasteiger partial charge >= 0.3 is 12.1 Å². The minimum absolute atomic E-state index is 0.0510. The van der Waals surface area contributed by atoms with Gasteiger partial charge in [-0.2, -0.15) is 13.2 Å². The minimum atomic E-state index is -5.08. The highest BCUT2D eigenvalue weighted by molar-refractivity contribution is 7.89. The van der Waals surface area contributed by atoms with E-state index in [0.29, 0.717) is 6.61 Å². The van der Waals surface area contributed by atoms with Crippen molar-refractivity contribution < 1.29 is 36.2 Å². The summed E-state index contributed by atoms with van der Waals surface area (Å²) in [6.45, 7) is 4.46. The normalized spacial score (nSPS) is 29.9. The molecule has 3 rings (SSSR count). The maximum atomic E-state index is 11.7. The summed E-state index contributed by atoms with van der Waals surface area (Å²) in [5.74, 6) is -2.60. The zero-order chi connectivity index (χ0) is 20.3. The van der Waals surface area contributed by atoms with Crippen LogP contribution in [0.4, 0.5) is 13.2 Å². The van der Waals surface area contributed by atoms with E-state index in [2.05, 4.69) is 9.62 Å². The van der Waals surface area contributed by atoms with Crippen molar-refractivity contribution >= 4 is 16.0 Å². The van der Waals surface area contributed by atoms with Crippen LogP contribution in [0.2, 0.25) is 0 Å². The summed E-state index contributed by atoms with van der Waals surface area (Å²) in [5, 5.41) is 7.12. The molecule has 27 heavy (non-hydrogen) atoms. The molecule has 2 N–H and O–H groups in total. The number of aliphatic carboxylic acids is 1. The Morgan fingerprint density at radius 2 is 1.96 bits per heavy atom. The van der Waals surface area contributed by atoms with Gasteiger partial charge in [0.2, 0.25) is 10.0 Å². The van der Waals surface area contributed by atoms with E-state index in [-0.39, 0.29) is 17.4 Å². The molecule has 0 aromatic heterocycles. The monoisotopic (exact) mass is 416 g/mol. The Morgan fingerprint density at radius 1 is 1.33 bits per heavy atom. The molecular weight excluding hydrogens is 389 g/mol. The number of carbonyl (C=O) groups is 1. The predicted octanol–water partition coefficient (Wildman–Crippen LogP) is 1.73. The molecule has 1 aliphatic carbocycles. The van der Waals surface area contributed by atoms with Crippen LogP contribution in [0.15, 0.2) is 0 Å². The largest absolute Gasteiger partial charge is 0.490 e. The minimum Gasteiger partial charge on any atom is -0.475 e. The van der Waals surface area contributed by atoms with Crippen LogP contribution in [-0.4, -0.2) is 73.7 Å². The molecule has 1 saturated carbocycles. The molecule has 1 spiro atoms. The molecule has 158 valence electrons. The molecule has 0 unspecified atom stereocenters. The highest BCUT2D eigenvalue weighted by Gasteiger charge is 2.46. The van der Waals surface area contributed by atoms with Crippen molar-refractivity contribution in [2.75, 3.05) is 25.4 Å². The molecule has 0 bridgehead atoms. The number of hydrogen-bond donors (Lipinski definition) is 2. The topological polar surface area (TPSA) is 95.9 Å². The number of hydrogen-bond acceptors (Lipinski definition) is 5. The van der Waals surface area contributed by atoms with Gasteiger partial charge in [-0.15, -0.1) is 0 Å². The van der Waals surface area contributed by atoms with E-state index in [4.69, 9.17) is 14.6 Å². The van der Waals surface area contributed by atoms with E-state index in [1.807, 2.05) is 0 Å². The Kier molecular flexibility index (Phi) is 7.15. The van der Waals surface area contributed by atoms with E-state index in [1.54, 1.807) is 6.92 Å². The van der Waals surface area contributed by atoms with Crippen molar-refractivity contribution in [2.24, 2.45) is 0 Å². The van der Waals surface area contributed by atoms with Gasteiger partial charge in [0.25, 0.3) is 0 Å². The number of rotatable bonds is 4. The van der Waals surface area contributed by atoms with Crippen LogP contribution in [0.1, 0.15) is 45.4 Å². The Morgan fingerprint density at radius 3 is 2.44 bits per heavy atom. The van der Waals surface area contributed by atoms with Crippen molar-refractivity contribution in [3.63, 3.8) is 0 Å². The fourth-order valence-electron chi connectivity index (χ4n) is 3.69. The Bertz CT molecular complexity index is 624. The van der Waals surface area contributed by atoms with E-state index in [1.165, 1.54) is 19.3 Å². The lowest BCUT2D eigenvalue weighted by atomic mass is 9.89. The molecule has 0 aromatic rings. The number of likely N-dealkylation sites (tertiary alicyclic amines) is 1. The molecule has 2 atom stereocenters. The van der Waals surface area contributed by atoms with Gasteiger partial charge < -0.3 is 9.84 Å². The van der Waals surface area contributed by atoms with E-state index < -0.39 is 22.2 Å². The third-order valence-electron chi connectivity index (χ3n) is 5.40. The second-order valence-corrected chi connectivity index (χ2v) is 9.39. The Hall–Kier alpha value is -0.910. The number of halogens is 3. The molecule has 0 radical (unpaired) electrons. The quantitative estimate of drug-likeness (QED) is 0.725. The van der Waals surface area contributed by atoms with Gasteiger partial charge in [-0.25, -0.2) is 17.9 Å². The summed E-state index contributed by atoms with van der Waals surface area (Å²) in [4.78, 5) is 11.5. The van der Waals surface area contributed by atoms with Gasteiger partial charge in [-0.05, 0) is 39.0 Å². The summed E-state index contributed by atoms with van der Waals surface area (Å²) >= 11 is 0. The van der Waals surface area contributed by atoms with Crippen molar-refractivity contribution in [3.8, 4) is 0 Å². The highest BCUT2D eigenvalue weighted by Crippen LogP contribution is 2.38. The number of carboxylic acids is 1. The third-order valence-corrected chi connectivity index (χ3v) is 6.85. The first-order chi connectivity index (χ1) is 12.5. The standard InChI is InChI=1S/C14H26N2O3S.C2HF3O2/c1-2-20(17,18)15-12-6-9-19-14(10-12)7-8-16(11-14)13-4-3-5-13;3-2(4,5)1(6)7/h12-13,15H,2-11H2,1H3;(H,6,7)/t12-,14+;/m0./s1. The van der Waals surface area contributed by atoms with Gasteiger partial charge in [0.05, 0.1) is 11.4 Å². The molecule has 0 aromatic carbocycles. The van der Waals surface area contributed by atoms with Crippen LogP contribution in [0.5, 0.6) is 0 Å². The second kappa shape index (κ2) is 8.62. The predicted molar refractivity (Wildman–Crippen MR) is 91.8 cm³/mol. The summed E-state index contributed by atoms with van der Waals surface area (Å²) in [5.41, 5.74) is -0.102. The fraction of sp³-hybridized carbons (Fsp3) is 0.938. The second-order valence-electron chi connectivity index (χ2n) is 7.35. The molecule has 2 heterocycles. The van der Waals surface area contributed by atoms with E-state index in [9.17, 15) is 21.6 Å². The maximum Gasteiger partial charge on any atom is 0.490 e. The molecule has 0 amide bonds. The third kappa shape index (κ3) is 6.30. The van der Waals surface area contributed by atoms with Crippen molar-refractivity contribution in [3.05, 3.63) is 0 Å². The lowest BCUT2D eigenvalue weighted by Crippen LogP contribution is -2.51. The molecule has 3 aliphatic rings. The number of alkyl halides is 3. The molecule has 2 aliphatic heterocycles. The number of carboxylic acid groups (broad SMARTS) is 1. The summed E-state index contributed by atoms with van der Waals surface area (Å²) in [6.07, 6.45) is 1.59. The number of nitrogens with zero attached hydrogens (tertiary/aromatic N) is 1. The smallest absolute Gasteiger partial charge is 0.475 e. The number of nitrogens with one attached hydrogen (secondary N) is 1. The number of ether oxygens (including phenoxy) is 1. The van der Waals surface area contributed by atoms with Gasteiger partial charge in [-0.1, -0.05) is 6.42 Å². The summed E-state index contributed by atoms with van der Waals surface area (Å²) in [6, 6.07) is 0.806. The first-order valence-corrected chi connectivity index (χ1v) is 10.8. The number of sulfonamides is 1. The average molecular weight is 416 g/mol. The first-order valence-electron chi connectivity index (χ1n) is 9.14. The molecule has 11 heteroatoms. The zero-order valence-electron chi connectivity index (χ0n) is 15.3. The maximum absolute atomic E-state index is 11.7. The summed E-state index contributed by atoms with van der Waals surface area (Å²) in [7, 11) is -3.11. The highest BCUT2D eigenvalue weighted by atomic mass is 32.2. The lowest BCUT2D eigenvalue weighted by Gasteiger charge is -2.40. The molecular formula is C16H27F3N2O5S. The summed E-state index contributed by atoms with van der Waals surface area (Å²) < 4.78 is 64.1. The molecule has 2 saturated heterocycles. The van der Waals surface area contributed by atoms with Crippen LogP contribution in [0.25, 0.3) is 0 Å². The van der Waals surface area contributed by atoms with Gasteiger partial charge in [-0.3, -0.25) is 4.90 Å². The van der Waals surface area contributed by atoms with Crippen molar-refractivity contribution in [1.82, 2.24) is 9.62 Å². The van der Waals surface area contributed by atoms with Crippen LogP contribution in [0, 0.1) is 0 Å². The van der Waals surface area contributed by atoms with Crippen molar-refractivity contribution in [2.45, 2.75) is 69.3 Å². The van der Waals surface area contributed by atoms with Gasteiger partial charge in [0, 0.05) is 31.8 Å². The van der Waals surface area contributed by atoms with E-state index in [0.717, 1.165) is 38.4 Å². The van der Waals surface area contributed by atoms with Crippen LogP contribution in [0.3, 0.4) is 0 Å². The lowest BCUT2D eigenvalue weighted by molar-refractivity contribution is -0.192. The first kappa shape index (κ1) is 22.4. The van der Waals surface area contributed by atoms with Crippen molar-refractivity contribution in [1.29, 1.82) is 0 Å². The Balaban J connectivity index is 0.000000321. The fourth-order valence-corrected chi connectivity index (χ4v) is 4.56. The Labute approximate surface area is 157 Å². The SMILES string of the molecule is CCS(=O)(=O)N[C@H]1CCO[C@]2(CCN(C3CCC3)C2)C1.O=C(O)C(F)(F)F. The van der Waals surface area contributed by atoms with Gasteiger partial charge in [0.15, 0.2) is 0 Å². The molecule has 7 nitrogen and oxygen atoms in total. The van der Waals surface area contributed by atoms with Crippen LogP contribution < -0.4 is 4.72 Å². The van der Waals surface area contributed by atoms with Crippen LogP contribution >= 0.6 is 0 Å². The van der Waals surface area contributed by atoms with Gasteiger partial charge in [0.1, 0.15) is 0 Å². The molecule has 3 fully saturated rings. The van der Waals surface area contributed by atoms with Crippen LogP contribution in [-0.2, 0) is 19.6 Å². The van der Waals surface area contributed by atoms with E-state index >= 15 is 0 Å².